The highest BCUT2D eigenvalue weighted by molar-refractivity contribution is 6.05. The van der Waals surface area contributed by atoms with Crippen molar-refractivity contribution in [2.24, 2.45) is 7.05 Å². The average Bonchev–Trinajstić information content (AvgIpc) is 2.54. The summed E-state index contributed by atoms with van der Waals surface area (Å²) < 4.78 is 2.17. The van der Waals surface area contributed by atoms with Gasteiger partial charge in [0.1, 0.15) is 0 Å². The fourth-order valence-electron chi connectivity index (χ4n) is 2.31. The molecule has 1 aliphatic heterocycles. The lowest BCUT2D eigenvalue weighted by atomic mass is 10.1. The Morgan fingerprint density at radius 1 is 1.27 bits per heavy atom. The predicted molar refractivity (Wildman–Crippen MR) is 59.9 cm³/mol. The summed E-state index contributed by atoms with van der Waals surface area (Å²) in [6.45, 7) is 0. The topological polar surface area (TPSA) is 34.0 Å². The van der Waals surface area contributed by atoms with E-state index >= 15 is 0 Å². The Kier molecular flexibility index (Phi) is 1.63. The number of para-hydroxylation sites is 1. The van der Waals surface area contributed by atoms with Crippen molar-refractivity contribution in [3.05, 3.63) is 30.0 Å². The van der Waals surface area contributed by atoms with Gasteiger partial charge in [-0.25, -0.2) is 0 Å². The molecule has 1 aliphatic rings. The van der Waals surface area contributed by atoms with Gasteiger partial charge in [-0.3, -0.25) is 4.79 Å². The van der Waals surface area contributed by atoms with Crippen molar-refractivity contribution in [2.45, 2.75) is 12.8 Å². The number of hydrogen-bond donors (Lipinski definition) is 1. The minimum absolute atomic E-state index is 0.124. The number of aryl methyl sites for hydroxylation is 1. The lowest BCUT2D eigenvalue weighted by molar-refractivity contribution is -0.116. The summed E-state index contributed by atoms with van der Waals surface area (Å²) in [7, 11) is 2.05. The molecule has 0 saturated heterocycles. The molecule has 3 nitrogen and oxygen atoms in total. The molecule has 1 aromatic carbocycles. The fraction of sp³-hybridized carbons (Fsp3) is 0.250. The number of nitrogens with one attached hydrogen (secondary N) is 1. The number of anilines is 1. The van der Waals surface area contributed by atoms with Crippen LogP contribution in [0.2, 0.25) is 0 Å². The van der Waals surface area contributed by atoms with Crippen LogP contribution in [0, 0.1) is 0 Å². The van der Waals surface area contributed by atoms with E-state index in [-0.39, 0.29) is 5.91 Å². The first-order valence-electron chi connectivity index (χ1n) is 5.13. The number of benzene rings is 1. The highest BCUT2D eigenvalue weighted by Crippen LogP contribution is 2.33. The second kappa shape index (κ2) is 2.86. The third-order valence-corrected chi connectivity index (χ3v) is 3.08. The molecule has 1 amide bonds. The van der Waals surface area contributed by atoms with Crippen molar-refractivity contribution in [3.8, 4) is 0 Å². The molecule has 3 heteroatoms. The Balaban J connectivity index is 2.37. The summed E-state index contributed by atoms with van der Waals surface area (Å²) in [4.78, 5) is 11.4. The zero-order chi connectivity index (χ0) is 10.4. The summed E-state index contributed by atoms with van der Waals surface area (Å²) in [6, 6.07) is 8.17. The van der Waals surface area contributed by atoms with E-state index in [4.69, 9.17) is 0 Å². The van der Waals surface area contributed by atoms with Crippen LogP contribution in [0.3, 0.4) is 0 Å². The second-order valence-electron chi connectivity index (χ2n) is 3.95. The Morgan fingerprint density at radius 2 is 2.07 bits per heavy atom. The van der Waals surface area contributed by atoms with E-state index < -0.39 is 0 Å². The highest BCUT2D eigenvalue weighted by atomic mass is 16.1. The van der Waals surface area contributed by atoms with Crippen LogP contribution in [0.4, 0.5) is 5.69 Å². The molecule has 0 aliphatic carbocycles. The molecule has 0 fully saturated rings. The molecule has 0 radical (unpaired) electrons. The fourth-order valence-corrected chi connectivity index (χ4v) is 2.31. The van der Waals surface area contributed by atoms with Crippen molar-refractivity contribution >= 4 is 22.5 Å². The summed E-state index contributed by atoms with van der Waals surface area (Å²) in [5.74, 6) is 0.124. The highest BCUT2D eigenvalue weighted by Gasteiger charge is 2.21. The minimum atomic E-state index is 0.124. The molecule has 1 N–H and O–H groups in total. The number of fused-ring (bicyclic) bond motifs is 3. The van der Waals surface area contributed by atoms with E-state index in [1.54, 1.807) is 0 Å². The maximum Gasteiger partial charge on any atom is 0.224 e. The van der Waals surface area contributed by atoms with Crippen LogP contribution in [-0.4, -0.2) is 10.5 Å². The Morgan fingerprint density at radius 3 is 2.93 bits per heavy atom. The first-order chi connectivity index (χ1) is 7.27. The van der Waals surface area contributed by atoms with Crippen molar-refractivity contribution < 1.29 is 4.79 Å². The Hall–Kier alpha value is -1.77. The monoisotopic (exact) mass is 200 g/mol. The molecule has 76 valence electrons. The van der Waals surface area contributed by atoms with Gasteiger partial charge in [0.2, 0.25) is 5.91 Å². The smallest absolute Gasteiger partial charge is 0.224 e. The van der Waals surface area contributed by atoms with Gasteiger partial charge in [-0.15, -0.1) is 0 Å². The Bertz CT molecular complexity index is 554. The molecular formula is C12H12N2O. The number of hydrogen-bond acceptors (Lipinski definition) is 1. The molecule has 2 aromatic rings. The summed E-state index contributed by atoms with van der Waals surface area (Å²) in [5.41, 5.74) is 3.42. The molecule has 1 aromatic heterocycles. The SMILES string of the molecule is Cn1c2c(c3ccccc31)NC(=O)CC2. The molecular weight excluding hydrogens is 188 g/mol. The molecule has 0 unspecified atom stereocenters. The maximum absolute atomic E-state index is 11.4. The first kappa shape index (κ1) is 8.53. The number of amides is 1. The standard InChI is InChI=1S/C12H12N2O/c1-14-9-5-3-2-4-8(9)12-10(14)6-7-11(15)13-12/h2-5H,6-7H2,1H3,(H,13,15). The van der Waals surface area contributed by atoms with Gasteiger partial charge in [-0.2, -0.15) is 0 Å². The lowest BCUT2D eigenvalue weighted by Crippen LogP contribution is -2.19. The molecule has 0 bridgehead atoms. The number of aromatic nitrogens is 1. The normalized spacial score (nSPS) is 15.1. The Labute approximate surface area is 87.7 Å². The average molecular weight is 200 g/mol. The number of carbonyl (C=O) groups excluding carboxylic acids is 1. The number of rotatable bonds is 0. The number of carbonyl (C=O) groups is 1. The second-order valence-corrected chi connectivity index (χ2v) is 3.95. The van der Waals surface area contributed by atoms with Crippen LogP contribution in [0.15, 0.2) is 24.3 Å². The van der Waals surface area contributed by atoms with Crippen molar-refractivity contribution in [1.29, 1.82) is 0 Å². The van der Waals surface area contributed by atoms with E-state index in [0.717, 1.165) is 17.5 Å². The van der Waals surface area contributed by atoms with Gasteiger partial charge in [-0.05, 0) is 12.5 Å². The summed E-state index contributed by atoms with van der Waals surface area (Å²) in [5, 5.41) is 4.11. The van der Waals surface area contributed by atoms with E-state index in [2.05, 4.69) is 29.1 Å². The first-order valence-corrected chi connectivity index (χ1v) is 5.13. The molecule has 15 heavy (non-hydrogen) atoms. The van der Waals surface area contributed by atoms with Gasteiger partial charge >= 0.3 is 0 Å². The van der Waals surface area contributed by atoms with Crippen molar-refractivity contribution in [1.82, 2.24) is 4.57 Å². The van der Waals surface area contributed by atoms with Crippen LogP contribution >= 0.6 is 0 Å². The van der Waals surface area contributed by atoms with Crippen molar-refractivity contribution in [2.75, 3.05) is 5.32 Å². The maximum atomic E-state index is 11.4. The largest absolute Gasteiger partial charge is 0.346 e. The third kappa shape index (κ3) is 1.09. The van der Waals surface area contributed by atoms with Crippen LogP contribution in [0.5, 0.6) is 0 Å². The molecule has 2 heterocycles. The van der Waals surface area contributed by atoms with Crippen LogP contribution < -0.4 is 5.32 Å². The van der Waals surface area contributed by atoms with Gasteiger partial charge in [0.25, 0.3) is 0 Å². The molecule has 0 atom stereocenters. The molecule has 3 rings (SSSR count). The van der Waals surface area contributed by atoms with Gasteiger partial charge in [0, 0.05) is 24.5 Å². The van der Waals surface area contributed by atoms with Gasteiger partial charge in [-0.1, -0.05) is 18.2 Å². The van der Waals surface area contributed by atoms with Crippen LogP contribution in [-0.2, 0) is 18.3 Å². The predicted octanol–water partition coefficient (Wildman–Crippen LogP) is 2.06. The van der Waals surface area contributed by atoms with Crippen molar-refractivity contribution in [3.63, 3.8) is 0 Å². The third-order valence-electron chi connectivity index (χ3n) is 3.08. The zero-order valence-electron chi connectivity index (χ0n) is 8.58. The minimum Gasteiger partial charge on any atom is -0.346 e. The van der Waals surface area contributed by atoms with E-state index in [9.17, 15) is 4.79 Å². The molecule has 0 spiro atoms. The quantitative estimate of drug-likeness (QED) is 0.694. The van der Waals surface area contributed by atoms with Crippen LogP contribution in [0.1, 0.15) is 12.1 Å². The molecule has 0 saturated carbocycles. The summed E-state index contributed by atoms with van der Waals surface area (Å²) in [6.07, 6.45) is 1.43. The van der Waals surface area contributed by atoms with Gasteiger partial charge in [0.15, 0.2) is 0 Å². The van der Waals surface area contributed by atoms with E-state index in [0.29, 0.717) is 6.42 Å². The number of nitrogens with zero attached hydrogens (tertiary/aromatic N) is 1. The van der Waals surface area contributed by atoms with E-state index in [1.807, 2.05) is 12.1 Å². The van der Waals surface area contributed by atoms with Crippen LogP contribution in [0.25, 0.3) is 10.9 Å². The lowest BCUT2D eigenvalue weighted by Gasteiger charge is -2.14. The summed E-state index contributed by atoms with van der Waals surface area (Å²) >= 11 is 0. The zero-order valence-corrected chi connectivity index (χ0v) is 8.58. The van der Waals surface area contributed by atoms with Gasteiger partial charge < -0.3 is 9.88 Å². The van der Waals surface area contributed by atoms with E-state index in [1.165, 1.54) is 11.2 Å². The van der Waals surface area contributed by atoms with Gasteiger partial charge in [0.05, 0.1) is 11.2 Å².